The molecule has 0 atom stereocenters. The monoisotopic (exact) mass is 303 g/mol. The molecule has 3 aromatic rings. The Morgan fingerprint density at radius 1 is 1.29 bits per heavy atom. The van der Waals surface area contributed by atoms with Crippen LogP contribution < -0.4 is 5.32 Å². The molecule has 0 saturated heterocycles. The third kappa shape index (κ3) is 2.60. The molecule has 0 fully saturated rings. The Labute approximate surface area is 125 Å². The van der Waals surface area contributed by atoms with Gasteiger partial charge >= 0.3 is 0 Å². The van der Waals surface area contributed by atoms with E-state index in [0.29, 0.717) is 22.7 Å². The van der Waals surface area contributed by atoms with Crippen molar-refractivity contribution in [3.8, 4) is 11.3 Å². The molecule has 1 aromatic carbocycles. The standard InChI is InChI=1S/C15H11ClFN3O/c16-9-13(21)19-15-14(10-4-3-5-11(17)8-10)18-12-6-1-2-7-20(12)15/h1-8H,9H2,(H,19,21). The van der Waals surface area contributed by atoms with Crippen LogP contribution in [0.3, 0.4) is 0 Å². The molecular weight excluding hydrogens is 293 g/mol. The molecule has 0 aliphatic rings. The van der Waals surface area contributed by atoms with Gasteiger partial charge in [0.2, 0.25) is 5.91 Å². The third-order valence-electron chi connectivity index (χ3n) is 3.01. The number of amides is 1. The first-order valence-corrected chi connectivity index (χ1v) is 6.81. The maximum atomic E-state index is 13.4. The molecule has 0 radical (unpaired) electrons. The highest BCUT2D eigenvalue weighted by Crippen LogP contribution is 2.29. The number of rotatable bonds is 3. The number of hydrogen-bond donors (Lipinski definition) is 1. The zero-order chi connectivity index (χ0) is 14.8. The van der Waals surface area contributed by atoms with E-state index in [9.17, 15) is 9.18 Å². The van der Waals surface area contributed by atoms with Crippen molar-refractivity contribution >= 4 is 29.0 Å². The lowest BCUT2D eigenvalue weighted by Gasteiger charge is -2.06. The van der Waals surface area contributed by atoms with Crippen LogP contribution in [0.4, 0.5) is 10.2 Å². The van der Waals surface area contributed by atoms with Crippen molar-refractivity contribution in [1.29, 1.82) is 0 Å². The van der Waals surface area contributed by atoms with E-state index in [1.807, 2.05) is 12.1 Å². The van der Waals surface area contributed by atoms with Gasteiger partial charge in [-0.1, -0.05) is 18.2 Å². The van der Waals surface area contributed by atoms with Gasteiger partial charge in [0.25, 0.3) is 0 Å². The highest BCUT2D eigenvalue weighted by atomic mass is 35.5. The first-order chi connectivity index (χ1) is 10.2. The fraction of sp³-hybridized carbons (Fsp3) is 0.0667. The lowest BCUT2D eigenvalue weighted by Crippen LogP contribution is -2.14. The van der Waals surface area contributed by atoms with E-state index >= 15 is 0 Å². The summed E-state index contributed by atoms with van der Waals surface area (Å²) in [7, 11) is 0. The predicted molar refractivity (Wildman–Crippen MR) is 79.9 cm³/mol. The van der Waals surface area contributed by atoms with E-state index in [0.717, 1.165) is 0 Å². The van der Waals surface area contributed by atoms with Gasteiger partial charge in [-0.05, 0) is 24.3 Å². The van der Waals surface area contributed by atoms with Crippen LogP contribution in [0.5, 0.6) is 0 Å². The lowest BCUT2D eigenvalue weighted by atomic mass is 10.1. The predicted octanol–water partition coefficient (Wildman–Crippen LogP) is 3.32. The van der Waals surface area contributed by atoms with Gasteiger partial charge in [0.15, 0.2) is 0 Å². The molecule has 2 aromatic heterocycles. The summed E-state index contributed by atoms with van der Waals surface area (Å²) in [6, 6.07) is 11.5. The number of nitrogens with one attached hydrogen (secondary N) is 1. The summed E-state index contributed by atoms with van der Waals surface area (Å²) in [5.41, 5.74) is 1.74. The number of fused-ring (bicyclic) bond motifs is 1. The highest BCUT2D eigenvalue weighted by Gasteiger charge is 2.16. The van der Waals surface area contributed by atoms with E-state index in [-0.39, 0.29) is 17.6 Å². The van der Waals surface area contributed by atoms with E-state index in [2.05, 4.69) is 10.3 Å². The molecule has 2 heterocycles. The van der Waals surface area contributed by atoms with E-state index in [1.54, 1.807) is 28.8 Å². The van der Waals surface area contributed by atoms with E-state index in [1.165, 1.54) is 12.1 Å². The van der Waals surface area contributed by atoms with Gasteiger partial charge in [0.05, 0.1) is 0 Å². The van der Waals surface area contributed by atoms with Crippen LogP contribution in [0.15, 0.2) is 48.7 Å². The Kier molecular flexibility index (Phi) is 3.58. The number of nitrogens with zero attached hydrogens (tertiary/aromatic N) is 2. The molecule has 0 saturated carbocycles. The summed E-state index contributed by atoms with van der Waals surface area (Å²) in [5.74, 6) is -0.399. The van der Waals surface area contributed by atoms with Crippen molar-refractivity contribution in [2.45, 2.75) is 0 Å². The smallest absolute Gasteiger partial charge is 0.240 e. The molecule has 0 spiro atoms. The number of benzene rings is 1. The van der Waals surface area contributed by atoms with Crippen LogP contribution in [0.2, 0.25) is 0 Å². The van der Waals surface area contributed by atoms with Crippen molar-refractivity contribution < 1.29 is 9.18 Å². The number of aromatic nitrogens is 2. The fourth-order valence-electron chi connectivity index (χ4n) is 2.12. The number of carbonyl (C=O) groups is 1. The molecule has 21 heavy (non-hydrogen) atoms. The second-order valence-corrected chi connectivity index (χ2v) is 4.70. The maximum Gasteiger partial charge on any atom is 0.240 e. The van der Waals surface area contributed by atoms with E-state index in [4.69, 9.17) is 11.6 Å². The highest BCUT2D eigenvalue weighted by molar-refractivity contribution is 6.29. The summed E-state index contributed by atoms with van der Waals surface area (Å²) in [6.45, 7) is 0. The molecule has 0 bridgehead atoms. The average molecular weight is 304 g/mol. The maximum absolute atomic E-state index is 13.4. The molecular formula is C15H11ClFN3O. The van der Waals surface area contributed by atoms with Crippen molar-refractivity contribution in [1.82, 2.24) is 9.38 Å². The largest absolute Gasteiger partial charge is 0.309 e. The topological polar surface area (TPSA) is 46.4 Å². The Bertz CT molecular complexity index is 816. The second kappa shape index (κ2) is 5.54. The normalized spacial score (nSPS) is 10.8. The van der Waals surface area contributed by atoms with Gasteiger partial charge in [-0.25, -0.2) is 9.37 Å². The van der Waals surface area contributed by atoms with E-state index < -0.39 is 0 Å². The number of carbonyl (C=O) groups excluding carboxylic acids is 1. The SMILES string of the molecule is O=C(CCl)Nc1c(-c2cccc(F)c2)nc2ccccn12. The minimum absolute atomic E-state index is 0.164. The van der Waals surface area contributed by atoms with Gasteiger partial charge in [0.1, 0.15) is 28.9 Å². The van der Waals surface area contributed by atoms with Crippen molar-refractivity contribution in [2.24, 2.45) is 0 Å². The minimum Gasteiger partial charge on any atom is -0.309 e. The van der Waals surface area contributed by atoms with Crippen LogP contribution in [0, 0.1) is 5.82 Å². The van der Waals surface area contributed by atoms with Crippen LogP contribution >= 0.6 is 11.6 Å². The Morgan fingerprint density at radius 2 is 2.14 bits per heavy atom. The molecule has 0 aliphatic carbocycles. The lowest BCUT2D eigenvalue weighted by molar-refractivity contribution is -0.113. The van der Waals surface area contributed by atoms with Gasteiger partial charge in [-0.3, -0.25) is 9.20 Å². The summed E-state index contributed by atoms with van der Waals surface area (Å²) in [4.78, 5) is 16.1. The third-order valence-corrected chi connectivity index (χ3v) is 3.25. The number of pyridine rings is 1. The van der Waals surface area contributed by atoms with Crippen LogP contribution in [0.25, 0.3) is 16.9 Å². The molecule has 0 aliphatic heterocycles. The van der Waals surface area contributed by atoms with Crippen LogP contribution in [0.1, 0.15) is 0 Å². The molecule has 6 heteroatoms. The Balaban J connectivity index is 2.21. The molecule has 0 unspecified atom stereocenters. The van der Waals surface area contributed by atoms with Gasteiger partial charge in [0, 0.05) is 11.8 Å². The number of imidazole rings is 1. The summed E-state index contributed by atoms with van der Waals surface area (Å²) < 4.78 is 15.2. The number of alkyl halides is 1. The molecule has 106 valence electrons. The molecule has 4 nitrogen and oxygen atoms in total. The van der Waals surface area contributed by atoms with Gasteiger partial charge < -0.3 is 5.32 Å². The molecule has 3 rings (SSSR count). The van der Waals surface area contributed by atoms with Crippen molar-refractivity contribution in [2.75, 3.05) is 11.2 Å². The first kappa shape index (κ1) is 13.6. The Morgan fingerprint density at radius 3 is 2.90 bits per heavy atom. The van der Waals surface area contributed by atoms with Crippen molar-refractivity contribution in [3.05, 3.63) is 54.5 Å². The Hall–Kier alpha value is -2.40. The zero-order valence-electron chi connectivity index (χ0n) is 10.9. The average Bonchev–Trinajstić information content (AvgIpc) is 2.86. The summed E-state index contributed by atoms with van der Waals surface area (Å²) >= 11 is 5.54. The van der Waals surface area contributed by atoms with Gasteiger partial charge in [-0.2, -0.15) is 0 Å². The summed E-state index contributed by atoms with van der Waals surface area (Å²) in [5, 5.41) is 2.71. The second-order valence-electron chi connectivity index (χ2n) is 4.43. The van der Waals surface area contributed by atoms with Crippen LogP contribution in [-0.2, 0) is 4.79 Å². The molecule has 1 amide bonds. The number of hydrogen-bond acceptors (Lipinski definition) is 2. The quantitative estimate of drug-likeness (QED) is 0.755. The van der Waals surface area contributed by atoms with Crippen molar-refractivity contribution in [3.63, 3.8) is 0 Å². The van der Waals surface area contributed by atoms with Gasteiger partial charge in [-0.15, -0.1) is 11.6 Å². The summed E-state index contributed by atoms with van der Waals surface area (Å²) in [6.07, 6.45) is 1.77. The first-order valence-electron chi connectivity index (χ1n) is 6.28. The van der Waals surface area contributed by atoms with Crippen LogP contribution in [-0.4, -0.2) is 21.2 Å². The number of halogens is 2. The minimum atomic E-state index is -0.362. The number of anilines is 1. The zero-order valence-corrected chi connectivity index (χ0v) is 11.6. The fourth-order valence-corrected chi connectivity index (χ4v) is 2.18. The molecule has 1 N–H and O–H groups in total.